The number of aromatic nitrogens is 3. The maximum absolute atomic E-state index is 9.12. The molecule has 1 N–H and O–H groups in total. The molecule has 2 heterocycles. The molecule has 0 amide bonds. The first-order valence-electron chi connectivity index (χ1n) is 5.03. The molecule has 2 aromatic rings. The predicted molar refractivity (Wildman–Crippen MR) is 69.0 cm³/mol. The number of imidazole rings is 1. The Bertz CT molecular complexity index is 570. The van der Waals surface area contributed by atoms with E-state index in [1.54, 1.807) is 0 Å². The molecule has 0 aliphatic carbocycles. The quantitative estimate of drug-likeness (QED) is 0.653. The monoisotopic (exact) mass is 250 g/mol. The van der Waals surface area contributed by atoms with Gasteiger partial charge < -0.3 is 0 Å². The highest BCUT2D eigenvalue weighted by Crippen LogP contribution is 2.21. The van der Waals surface area contributed by atoms with Crippen LogP contribution in [0.2, 0.25) is 19.6 Å². The number of thioether (sulfide) groups is 1. The zero-order chi connectivity index (χ0) is 11.9. The standard InChI is InChI=1S/C10H14N4SSi/c1-15-10-7(5-11)9-12-8(16(2,3)4)6-14(9)13-10/h6,13H,1-4H3. The van der Waals surface area contributed by atoms with Gasteiger partial charge in [0.05, 0.1) is 0 Å². The average molecular weight is 250 g/mol. The summed E-state index contributed by atoms with van der Waals surface area (Å²) in [6.07, 6.45) is 3.97. The molecule has 6 heteroatoms. The Labute approximate surface area is 99.7 Å². The topological polar surface area (TPSA) is 56.9 Å². The highest BCUT2D eigenvalue weighted by Gasteiger charge is 2.22. The molecule has 0 atom stereocenters. The molecule has 2 rings (SSSR count). The number of nitriles is 1. The number of H-pyrrole nitrogens is 1. The summed E-state index contributed by atoms with van der Waals surface area (Å²) in [5, 5.41) is 14.3. The first-order chi connectivity index (χ1) is 7.47. The fourth-order valence-electron chi connectivity index (χ4n) is 1.52. The summed E-state index contributed by atoms with van der Waals surface area (Å²) in [5.41, 5.74) is 1.40. The maximum atomic E-state index is 9.12. The molecular formula is C10H14N4SSi. The fraction of sp³-hybridized carbons (Fsp3) is 0.400. The van der Waals surface area contributed by atoms with E-state index in [2.05, 4.69) is 35.8 Å². The second-order valence-electron chi connectivity index (χ2n) is 4.70. The van der Waals surface area contributed by atoms with Gasteiger partial charge in [0.25, 0.3) is 0 Å². The van der Waals surface area contributed by atoms with Crippen LogP contribution in [0.4, 0.5) is 0 Å². The van der Waals surface area contributed by atoms with Crippen LogP contribution in [0.3, 0.4) is 0 Å². The molecule has 0 spiro atoms. The van der Waals surface area contributed by atoms with E-state index in [1.807, 2.05) is 17.0 Å². The minimum absolute atomic E-state index is 0.650. The molecule has 2 aromatic heterocycles. The number of nitrogens with zero attached hydrogens (tertiary/aromatic N) is 3. The Morgan fingerprint density at radius 3 is 2.69 bits per heavy atom. The van der Waals surface area contributed by atoms with Crippen molar-refractivity contribution in [3.63, 3.8) is 0 Å². The minimum Gasteiger partial charge on any atom is -0.285 e. The highest BCUT2D eigenvalue weighted by molar-refractivity contribution is 7.98. The van der Waals surface area contributed by atoms with E-state index in [9.17, 15) is 0 Å². The molecule has 0 bridgehead atoms. The van der Waals surface area contributed by atoms with Gasteiger partial charge in [0.15, 0.2) is 5.65 Å². The van der Waals surface area contributed by atoms with Crippen molar-refractivity contribution in [2.75, 3.05) is 6.26 Å². The van der Waals surface area contributed by atoms with Gasteiger partial charge in [0.1, 0.15) is 24.7 Å². The molecule has 0 saturated heterocycles. The van der Waals surface area contributed by atoms with Crippen LogP contribution < -0.4 is 5.32 Å². The number of nitrogens with one attached hydrogen (secondary N) is 1. The van der Waals surface area contributed by atoms with Crippen LogP contribution in [0, 0.1) is 11.3 Å². The Morgan fingerprint density at radius 2 is 2.19 bits per heavy atom. The van der Waals surface area contributed by atoms with Crippen LogP contribution in [-0.2, 0) is 0 Å². The summed E-state index contributed by atoms with van der Waals surface area (Å²) in [4.78, 5) is 4.58. The molecule has 0 aliphatic rings. The molecular weight excluding hydrogens is 236 g/mol. The van der Waals surface area contributed by atoms with E-state index < -0.39 is 8.07 Å². The Hall–Kier alpha value is -1.19. The third-order valence-electron chi connectivity index (χ3n) is 2.46. The van der Waals surface area contributed by atoms with Gasteiger partial charge in [-0.15, -0.1) is 11.8 Å². The summed E-state index contributed by atoms with van der Waals surface area (Å²) in [5.74, 6) is 0. The summed E-state index contributed by atoms with van der Waals surface area (Å²) in [6.45, 7) is 6.74. The van der Waals surface area contributed by atoms with Crippen molar-refractivity contribution < 1.29 is 0 Å². The van der Waals surface area contributed by atoms with Gasteiger partial charge in [0.2, 0.25) is 0 Å². The van der Waals surface area contributed by atoms with Crippen LogP contribution in [0.15, 0.2) is 11.2 Å². The lowest BCUT2D eigenvalue weighted by molar-refractivity contribution is 0.910. The molecule has 4 nitrogen and oxygen atoms in total. The van der Waals surface area contributed by atoms with Crippen molar-refractivity contribution in [1.82, 2.24) is 14.6 Å². The fourth-order valence-corrected chi connectivity index (χ4v) is 3.01. The van der Waals surface area contributed by atoms with Crippen molar-refractivity contribution in [1.29, 1.82) is 5.26 Å². The van der Waals surface area contributed by atoms with Crippen LogP contribution in [0.1, 0.15) is 5.56 Å². The SMILES string of the molecule is CSc1[nH]n2cc([Si](C)(C)C)nc2c1C#N. The van der Waals surface area contributed by atoms with Crippen molar-refractivity contribution in [2.45, 2.75) is 24.7 Å². The van der Waals surface area contributed by atoms with Crippen molar-refractivity contribution in [2.24, 2.45) is 0 Å². The van der Waals surface area contributed by atoms with Gasteiger partial charge in [0, 0.05) is 11.5 Å². The lowest BCUT2D eigenvalue weighted by Gasteiger charge is -2.10. The molecule has 16 heavy (non-hydrogen) atoms. The van der Waals surface area contributed by atoms with Gasteiger partial charge in [-0.05, 0) is 6.26 Å². The van der Waals surface area contributed by atoms with Gasteiger partial charge in [-0.3, -0.25) is 5.10 Å². The molecule has 0 unspecified atom stereocenters. The van der Waals surface area contributed by atoms with Crippen molar-refractivity contribution >= 4 is 30.8 Å². The van der Waals surface area contributed by atoms with Gasteiger partial charge in [-0.25, -0.2) is 9.50 Å². The van der Waals surface area contributed by atoms with Crippen molar-refractivity contribution in [3.8, 4) is 6.07 Å². The maximum Gasteiger partial charge on any atom is 0.172 e. The molecule has 0 radical (unpaired) electrons. The van der Waals surface area contributed by atoms with E-state index >= 15 is 0 Å². The van der Waals surface area contributed by atoms with Crippen LogP contribution >= 0.6 is 11.8 Å². The smallest absolute Gasteiger partial charge is 0.172 e. The Morgan fingerprint density at radius 1 is 1.50 bits per heavy atom. The van der Waals surface area contributed by atoms with Gasteiger partial charge in [-0.1, -0.05) is 19.6 Å². The molecule has 0 aliphatic heterocycles. The van der Waals surface area contributed by atoms with Crippen LogP contribution in [0.5, 0.6) is 0 Å². The zero-order valence-corrected chi connectivity index (χ0v) is 11.6. The zero-order valence-electron chi connectivity index (χ0n) is 9.83. The first kappa shape index (κ1) is 11.3. The van der Waals surface area contributed by atoms with Gasteiger partial charge in [-0.2, -0.15) is 5.26 Å². The third-order valence-corrected chi connectivity index (χ3v) is 4.94. The molecule has 0 fully saturated rings. The number of rotatable bonds is 2. The normalized spacial score (nSPS) is 11.9. The molecule has 84 valence electrons. The van der Waals surface area contributed by atoms with Gasteiger partial charge >= 0.3 is 0 Å². The van der Waals surface area contributed by atoms with E-state index in [1.165, 1.54) is 11.8 Å². The van der Waals surface area contributed by atoms with Crippen LogP contribution in [-0.4, -0.2) is 28.9 Å². The average Bonchev–Trinajstić information content (AvgIpc) is 2.71. The summed E-state index contributed by atoms with van der Waals surface area (Å²) in [6, 6.07) is 2.21. The van der Waals surface area contributed by atoms with E-state index in [4.69, 9.17) is 5.26 Å². The van der Waals surface area contributed by atoms with Crippen molar-refractivity contribution in [3.05, 3.63) is 11.8 Å². The number of hydrogen-bond donors (Lipinski definition) is 1. The summed E-state index contributed by atoms with van der Waals surface area (Å²) in [7, 11) is -1.41. The third kappa shape index (κ3) is 1.66. The Kier molecular flexibility index (Phi) is 2.60. The van der Waals surface area contributed by atoms with E-state index in [0.29, 0.717) is 5.56 Å². The second-order valence-corrected chi connectivity index (χ2v) is 10.5. The number of aromatic amines is 1. The Balaban J connectivity index is 2.66. The number of hydrogen-bond acceptors (Lipinski definition) is 3. The number of fused-ring (bicyclic) bond motifs is 1. The largest absolute Gasteiger partial charge is 0.285 e. The molecule has 0 saturated carbocycles. The predicted octanol–water partition coefficient (Wildman–Crippen LogP) is 1.80. The minimum atomic E-state index is -1.41. The lowest BCUT2D eigenvalue weighted by Crippen LogP contribution is -2.38. The second kappa shape index (κ2) is 3.68. The van der Waals surface area contributed by atoms with E-state index in [-0.39, 0.29) is 0 Å². The summed E-state index contributed by atoms with van der Waals surface area (Å²) < 4.78 is 1.86. The lowest BCUT2D eigenvalue weighted by atomic mass is 10.4. The first-order valence-corrected chi connectivity index (χ1v) is 9.75. The molecule has 0 aromatic carbocycles. The van der Waals surface area contributed by atoms with Crippen LogP contribution in [0.25, 0.3) is 5.65 Å². The highest BCUT2D eigenvalue weighted by atomic mass is 32.2. The van der Waals surface area contributed by atoms with E-state index in [0.717, 1.165) is 16.0 Å². The summed E-state index contributed by atoms with van der Waals surface area (Å²) >= 11 is 1.54.